The van der Waals surface area contributed by atoms with Crippen LogP contribution in [0.3, 0.4) is 0 Å². The molecule has 2 rings (SSSR count). The number of benzene rings is 1. The number of rotatable bonds is 0. The van der Waals surface area contributed by atoms with Gasteiger partial charge in [-0.3, -0.25) is 0 Å². The predicted octanol–water partition coefficient (Wildman–Crippen LogP) is 1.26. The van der Waals surface area contributed by atoms with Crippen LogP contribution in [0.1, 0.15) is 35.6 Å². The van der Waals surface area contributed by atoms with Gasteiger partial charge in [0, 0.05) is 6.04 Å². The van der Waals surface area contributed by atoms with E-state index in [4.69, 9.17) is 11.0 Å². The fourth-order valence-electron chi connectivity index (χ4n) is 2.10. The van der Waals surface area contributed by atoms with E-state index in [0.717, 1.165) is 30.4 Å². The molecule has 0 heterocycles. The van der Waals surface area contributed by atoms with Crippen LogP contribution in [0.4, 0.5) is 0 Å². The van der Waals surface area contributed by atoms with Crippen molar-refractivity contribution in [3.63, 3.8) is 0 Å². The minimum absolute atomic E-state index is 0.181. The first kappa shape index (κ1) is 10.2. The van der Waals surface area contributed by atoms with E-state index in [-0.39, 0.29) is 6.04 Å². The number of hydrogen-bond donors (Lipinski definition) is 2. The van der Waals surface area contributed by atoms with Crippen LogP contribution in [-0.4, -0.2) is 11.1 Å². The number of nitriles is 1. The molecule has 0 saturated carbocycles. The molecule has 0 bridgehead atoms. The van der Waals surface area contributed by atoms with Crippen molar-refractivity contribution < 1.29 is 5.11 Å². The first-order valence-corrected chi connectivity index (χ1v) is 5.19. The van der Waals surface area contributed by atoms with Crippen LogP contribution in [0.2, 0.25) is 0 Å². The molecule has 0 radical (unpaired) electrons. The fraction of sp³-hybridized carbons (Fsp3) is 0.417. The monoisotopic (exact) mass is 202 g/mol. The summed E-state index contributed by atoms with van der Waals surface area (Å²) in [5.41, 5.74) is 8.45. The third-order valence-corrected chi connectivity index (χ3v) is 2.98. The first-order valence-electron chi connectivity index (χ1n) is 5.19. The molecule has 0 aromatic heterocycles. The zero-order valence-electron chi connectivity index (χ0n) is 8.48. The van der Waals surface area contributed by atoms with Gasteiger partial charge < -0.3 is 10.8 Å². The molecule has 15 heavy (non-hydrogen) atoms. The molecule has 0 aliphatic heterocycles. The summed E-state index contributed by atoms with van der Waals surface area (Å²) < 4.78 is 0. The topological polar surface area (TPSA) is 70.0 Å². The van der Waals surface area contributed by atoms with Crippen molar-refractivity contribution in [1.82, 2.24) is 0 Å². The Morgan fingerprint density at radius 3 is 3.00 bits per heavy atom. The zero-order valence-corrected chi connectivity index (χ0v) is 8.48. The van der Waals surface area contributed by atoms with E-state index < -0.39 is 6.10 Å². The second-order valence-electron chi connectivity index (χ2n) is 4.03. The Balaban J connectivity index is 2.45. The van der Waals surface area contributed by atoms with Gasteiger partial charge >= 0.3 is 0 Å². The molecular weight excluding hydrogens is 188 g/mol. The Morgan fingerprint density at radius 1 is 1.47 bits per heavy atom. The van der Waals surface area contributed by atoms with Crippen LogP contribution in [-0.2, 0) is 6.42 Å². The van der Waals surface area contributed by atoms with Crippen LogP contribution >= 0.6 is 0 Å². The summed E-state index contributed by atoms with van der Waals surface area (Å²) in [6, 6.07) is 7.35. The third-order valence-electron chi connectivity index (χ3n) is 2.98. The SMILES string of the molecule is N#Cc1ccc2c(c1)CCC[C@H](N)[C@H]2O. The minimum atomic E-state index is -0.588. The fourth-order valence-corrected chi connectivity index (χ4v) is 2.10. The smallest absolute Gasteiger partial charge is 0.0991 e. The Morgan fingerprint density at radius 2 is 2.27 bits per heavy atom. The van der Waals surface area contributed by atoms with Crippen LogP contribution < -0.4 is 5.73 Å². The van der Waals surface area contributed by atoms with Crippen LogP contribution in [0.15, 0.2) is 18.2 Å². The molecule has 2 atom stereocenters. The highest BCUT2D eigenvalue weighted by Gasteiger charge is 2.22. The van der Waals surface area contributed by atoms with Gasteiger partial charge in [-0.15, -0.1) is 0 Å². The van der Waals surface area contributed by atoms with Gasteiger partial charge in [-0.1, -0.05) is 6.07 Å². The Labute approximate surface area is 89.1 Å². The average Bonchev–Trinajstić information content (AvgIpc) is 2.40. The lowest BCUT2D eigenvalue weighted by Crippen LogP contribution is -2.27. The Hall–Kier alpha value is -1.37. The number of aliphatic hydroxyl groups is 1. The summed E-state index contributed by atoms with van der Waals surface area (Å²) >= 11 is 0. The van der Waals surface area contributed by atoms with Crippen molar-refractivity contribution in [3.8, 4) is 6.07 Å². The molecule has 1 aromatic rings. The number of fused-ring (bicyclic) bond motifs is 1. The number of hydrogen-bond acceptors (Lipinski definition) is 3. The number of nitrogens with two attached hydrogens (primary N) is 1. The summed E-state index contributed by atoms with van der Waals surface area (Å²) in [7, 11) is 0. The summed E-state index contributed by atoms with van der Waals surface area (Å²) in [5.74, 6) is 0. The van der Waals surface area contributed by atoms with Gasteiger partial charge in [-0.25, -0.2) is 0 Å². The van der Waals surface area contributed by atoms with Crippen molar-refractivity contribution in [2.24, 2.45) is 5.73 Å². The second kappa shape index (κ2) is 4.01. The van der Waals surface area contributed by atoms with Crippen LogP contribution in [0.25, 0.3) is 0 Å². The van der Waals surface area contributed by atoms with Gasteiger partial charge in [0.15, 0.2) is 0 Å². The lowest BCUT2D eigenvalue weighted by atomic mass is 9.97. The van der Waals surface area contributed by atoms with E-state index in [1.165, 1.54) is 0 Å². The van der Waals surface area contributed by atoms with E-state index in [0.29, 0.717) is 5.56 Å². The average molecular weight is 202 g/mol. The largest absolute Gasteiger partial charge is 0.387 e. The molecular formula is C12H14N2O. The molecule has 0 spiro atoms. The Bertz CT molecular complexity index is 409. The highest BCUT2D eigenvalue weighted by atomic mass is 16.3. The van der Waals surface area contributed by atoms with E-state index in [9.17, 15) is 5.11 Å². The van der Waals surface area contributed by atoms with Gasteiger partial charge in [-0.2, -0.15) is 5.26 Å². The number of aryl methyl sites for hydroxylation is 1. The van der Waals surface area contributed by atoms with Gasteiger partial charge in [0.05, 0.1) is 17.7 Å². The number of aliphatic hydroxyl groups excluding tert-OH is 1. The molecule has 78 valence electrons. The molecule has 0 unspecified atom stereocenters. The standard InChI is InChI=1S/C12H14N2O/c13-7-8-4-5-10-9(6-8)2-1-3-11(14)12(10)15/h4-6,11-12,15H,1-3,14H2/t11-,12-/m0/s1. The lowest BCUT2D eigenvalue weighted by molar-refractivity contribution is 0.144. The maximum atomic E-state index is 9.97. The minimum Gasteiger partial charge on any atom is -0.387 e. The maximum Gasteiger partial charge on any atom is 0.0991 e. The van der Waals surface area contributed by atoms with Crippen LogP contribution in [0, 0.1) is 11.3 Å². The first-order chi connectivity index (χ1) is 7.22. The van der Waals surface area contributed by atoms with Crippen molar-refractivity contribution in [2.75, 3.05) is 0 Å². The number of nitrogens with zero attached hydrogens (tertiary/aromatic N) is 1. The van der Waals surface area contributed by atoms with E-state index >= 15 is 0 Å². The van der Waals surface area contributed by atoms with Crippen molar-refractivity contribution in [2.45, 2.75) is 31.4 Å². The molecule has 0 saturated heterocycles. The molecule has 3 nitrogen and oxygen atoms in total. The molecule has 3 N–H and O–H groups in total. The highest BCUT2D eigenvalue weighted by molar-refractivity contribution is 5.40. The normalized spacial score (nSPS) is 25.1. The van der Waals surface area contributed by atoms with Gasteiger partial charge in [0.2, 0.25) is 0 Å². The molecule has 0 fully saturated rings. The summed E-state index contributed by atoms with van der Waals surface area (Å²) in [6.45, 7) is 0. The maximum absolute atomic E-state index is 9.97. The molecule has 0 amide bonds. The molecule has 1 aliphatic rings. The van der Waals surface area contributed by atoms with Crippen LogP contribution in [0.5, 0.6) is 0 Å². The molecule has 1 aliphatic carbocycles. The van der Waals surface area contributed by atoms with E-state index in [1.807, 2.05) is 12.1 Å². The predicted molar refractivity (Wildman–Crippen MR) is 57.0 cm³/mol. The van der Waals surface area contributed by atoms with Crippen molar-refractivity contribution in [1.29, 1.82) is 5.26 Å². The zero-order chi connectivity index (χ0) is 10.8. The second-order valence-corrected chi connectivity index (χ2v) is 4.03. The van der Waals surface area contributed by atoms with Crippen molar-refractivity contribution >= 4 is 0 Å². The molecule has 1 aromatic carbocycles. The van der Waals surface area contributed by atoms with E-state index in [1.54, 1.807) is 6.07 Å². The Kier molecular flexibility index (Phi) is 2.72. The highest BCUT2D eigenvalue weighted by Crippen LogP contribution is 2.28. The molecule has 3 heteroatoms. The quantitative estimate of drug-likeness (QED) is 0.622. The lowest BCUT2D eigenvalue weighted by Gasteiger charge is -2.17. The summed E-state index contributed by atoms with van der Waals surface area (Å²) in [6.07, 6.45) is 2.11. The van der Waals surface area contributed by atoms with Gasteiger partial charge in [-0.05, 0) is 42.5 Å². The van der Waals surface area contributed by atoms with Gasteiger partial charge in [0.1, 0.15) is 0 Å². The summed E-state index contributed by atoms with van der Waals surface area (Å²) in [4.78, 5) is 0. The van der Waals surface area contributed by atoms with E-state index in [2.05, 4.69) is 6.07 Å². The van der Waals surface area contributed by atoms with Crippen molar-refractivity contribution in [3.05, 3.63) is 34.9 Å². The summed E-state index contributed by atoms with van der Waals surface area (Å²) in [5, 5.41) is 18.8. The van der Waals surface area contributed by atoms with Gasteiger partial charge in [0.25, 0.3) is 0 Å². The third kappa shape index (κ3) is 1.87.